The standard InChI is InChI=1S/C31H37N3O3/c1-28-9-8-21-22-14-30(22)27(36)26(35)23(34(2)3)15-29(30)10-11-31(21,37-29)24(28)7-6-20(28)17-4-5-18-16-33-25(32)13-19(18)12-17/h4-6,8,12-13,16,22-24,26-27,35-36H,7,9-11,14-15H2,1-3H3,(H2,32,33). The summed E-state index contributed by atoms with van der Waals surface area (Å²) < 4.78 is 7.45. The molecule has 6 heteroatoms. The molecule has 1 aromatic carbocycles. The predicted molar refractivity (Wildman–Crippen MR) is 143 cm³/mol. The molecule has 37 heavy (non-hydrogen) atoms. The third kappa shape index (κ3) is 2.50. The first-order valence-corrected chi connectivity index (χ1v) is 13.9. The Bertz CT molecular complexity index is 1420. The first-order valence-electron chi connectivity index (χ1n) is 13.9. The normalized spacial score (nSPS) is 47.1. The van der Waals surface area contributed by atoms with Crippen molar-refractivity contribution in [2.75, 3.05) is 19.8 Å². The number of anilines is 1. The van der Waals surface area contributed by atoms with E-state index >= 15 is 0 Å². The van der Waals surface area contributed by atoms with Crippen LogP contribution in [0.2, 0.25) is 0 Å². The fraction of sp³-hybridized carbons (Fsp3) is 0.581. The molecule has 4 fully saturated rings. The van der Waals surface area contributed by atoms with Gasteiger partial charge in [-0.05, 0) is 92.8 Å². The van der Waals surface area contributed by atoms with Crippen LogP contribution in [0.25, 0.3) is 16.3 Å². The third-order valence-electron chi connectivity index (χ3n) is 11.7. The van der Waals surface area contributed by atoms with Gasteiger partial charge in [0.1, 0.15) is 5.82 Å². The molecule has 2 aliphatic heterocycles. The average molecular weight is 500 g/mol. The summed E-state index contributed by atoms with van der Waals surface area (Å²) in [5.74, 6) is 1.27. The topological polar surface area (TPSA) is 91.8 Å². The van der Waals surface area contributed by atoms with Crippen LogP contribution in [0.5, 0.6) is 0 Å². The minimum absolute atomic E-state index is 0.0100. The second-order valence-electron chi connectivity index (χ2n) is 13.3. The lowest BCUT2D eigenvalue weighted by Gasteiger charge is -2.59. The molecule has 6 nitrogen and oxygen atoms in total. The number of nitrogen functional groups attached to an aromatic ring is 1. The molecule has 0 amide bonds. The quantitative estimate of drug-likeness (QED) is 0.543. The molecule has 2 bridgehead atoms. The van der Waals surface area contributed by atoms with E-state index in [1.165, 1.54) is 16.7 Å². The highest BCUT2D eigenvalue weighted by Crippen LogP contribution is 2.81. The fourth-order valence-electron chi connectivity index (χ4n) is 9.96. The van der Waals surface area contributed by atoms with Crippen molar-refractivity contribution in [3.05, 3.63) is 53.8 Å². The predicted octanol–water partition coefficient (Wildman–Crippen LogP) is 3.92. The molecule has 2 saturated carbocycles. The van der Waals surface area contributed by atoms with Gasteiger partial charge in [0.15, 0.2) is 0 Å². The number of aliphatic hydroxyl groups excluding tert-OH is 2. The van der Waals surface area contributed by atoms with Gasteiger partial charge in [0.05, 0.1) is 23.4 Å². The van der Waals surface area contributed by atoms with Crippen LogP contribution in [-0.4, -0.2) is 63.6 Å². The molecule has 2 aromatic rings. The summed E-state index contributed by atoms with van der Waals surface area (Å²) >= 11 is 0. The van der Waals surface area contributed by atoms with E-state index in [1.807, 2.05) is 26.4 Å². The highest BCUT2D eigenvalue weighted by atomic mass is 16.5. The number of hydrogen-bond donors (Lipinski definition) is 3. The van der Waals surface area contributed by atoms with Crippen LogP contribution < -0.4 is 5.73 Å². The van der Waals surface area contributed by atoms with Crippen molar-refractivity contribution in [3.63, 3.8) is 0 Å². The summed E-state index contributed by atoms with van der Waals surface area (Å²) in [6, 6.07) is 8.55. The second-order valence-corrected chi connectivity index (χ2v) is 13.3. The van der Waals surface area contributed by atoms with E-state index in [2.05, 4.69) is 47.2 Å². The maximum absolute atomic E-state index is 11.5. The first kappa shape index (κ1) is 22.7. The van der Waals surface area contributed by atoms with Crippen molar-refractivity contribution in [2.45, 2.75) is 74.9 Å². The number of nitrogens with two attached hydrogens (primary N) is 1. The number of rotatable bonds is 2. The number of aromatic nitrogens is 1. The minimum Gasteiger partial charge on any atom is -0.390 e. The molecule has 6 aliphatic rings. The number of likely N-dealkylation sites (N-methyl/N-ethyl adjacent to an activating group) is 1. The Morgan fingerprint density at radius 3 is 2.73 bits per heavy atom. The molecule has 4 N–H and O–H groups in total. The lowest BCUT2D eigenvalue weighted by molar-refractivity contribution is -0.248. The van der Waals surface area contributed by atoms with Gasteiger partial charge in [0.25, 0.3) is 0 Å². The van der Waals surface area contributed by atoms with Crippen LogP contribution in [0, 0.1) is 22.7 Å². The molecule has 9 unspecified atom stereocenters. The second kappa shape index (κ2) is 6.84. The van der Waals surface area contributed by atoms with Crippen molar-refractivity contribution >= 4 is 22.2 Å². The van der Waals surface area contributed by atoms with E-state index in [0.717, 1.165) is 49.3 Å². The summed E-state index contributed by atoms with van der Waals surface area (Å²) in [7, 11) is 4.02. The van der Waals surface area contributed by atoms with E-state index in [0.29, 0.717) is 17.7 Å². The summed E-state index contributed by atoms with van der Waals surface area (Å²) in [6.45, 7) is 2.44. The molecular formula is C31H37N3O3. The molecule has 2 saturated heterocycles. The van der Waals surface area contributed by atoms with Crippen LogP contribution in [-0.2, 0) is 4.74 Å². The number of aliphatic hydroxyl groups is 2. The van der Waals surface area contributed by atoms with Gasteiger partial charge in [-0.2, -0.15) is 0 Å². The van der Waals surface area contributed by atoms with Gasteiger partial charge in [-0.3, -0.25) is 0 Å². The van der Waals surface area contributed by atoms with Gasteiger partial charge in [0, 0.05) is 34.4 Å². The smallest absolute Gasteiger partial charge is 0.123 e. The van der Waals surface area contributed by atoms with Crippen molar-refractivity contribution in [1.82, 2.24) is 9.88 Å². The van der Waals surface area contributed by atoms with E-state index in [-0.39, 0.29) is 28.1 Å². The summed E-state index contributed by atoms with van der Waals surface area (Å²) in [5, 5.41) is 24.9. The fourth-order valence-corrected chi connectivity index (χ4v) is 9.96. The maximum Gasteiger partial charge on any atom is 0.123 e. The molecule has 0 radical (unpaired) electrons. The van der Waals surface area contributed by atoms with Crippen molar-refractivity contribution in [2.24, 2.45) is 22.7 Å². The Balaban J connectivity index is 1.21. The maximum atomic E-state index is 11.5. The zero-order valence-corrected chi connectivity index (χ0v) is 21.9. The third-order valence-corrected chi connectivity index (χ3v) is 11.7. The molecule has 8 rings (SSSR count). The lowest BCUT2D eigenvalue weighted by Crippen LogP contribution is -2.67. The monoisotopic (exact) mass is 499 g/mol. The van der Waals surface area contributed by atoms with Crippen molar-refractivity contribution in [3.8, 4) is 0 Å². The largest absolute Gasteiger partial charge is 0.390 e. The summed E-state index contributed by atoms with van der Waals surface area (Å²) in [5.41, 5.74) is 9.18. The number of pyridine rings is 1. The Morgan fingerprint density at radius 2 is 1.92 bits per heavy atom. The van der Waals surface area contributed by atoms with Crippen molar-refractivity contribution < 1.29 is 14.9 Å². The SMILES string of the molecule is CN(C)C1CC23CCC4(O2)C(=CCC2(C)C(c5ccc6cnc(N)cc6c5)=CCC24)C2CC23C(O)C1O. The highest BCUT2D eigenvalue weighted by molar-refractivity contribution is 5.88. The Morgan fingerprint density at radius 1 is 1.08 bits per heavy atom. The summed E-state index contributed by atoms with van der Waals surface area (Å²) in [6.07, 6.45) is 11.1. The molecule has 9 atom stereocenters. The minimum atomic E-state index is -0.735. The highest BCUT2D eigenvalue weighted by Gasteiger charge is 2.84. The molecule has 1 aromatic heterocycles. The lowest BCUT2D eigenvalue weighted by atomic mass is 9.57. The van der Waals surface area contributed by atoms with E-state index in [9.17, 15) is 10.2 Å². The number of allylic oxidation sites excluding steroid dienone is 3. The van der Waals surface area contributed by atoms with Gasteiger partial charge in [0.2, 0.25) is 0 Å². The number of fused-ring (bicyclic) bond motifs is 3. The van der Waals surface area contributed by atoms with Crippen LogP contribution in [0.15, 0.2) is 48.2 Å². The first-order chi connectivity index (χ1) is 17.7. The Kier molecular flexibility index (Phi) is 4.20. The number of ether oxygens (including phenoxy) is 1. The summed E-state index contributed by atoms with van der Waals surface area (Å²) in [4.78, 5) is 6.33. The zero-order valence-electron chi connectivity index (χ0n) is 21.9. The van der Waals surface area contributed by atoms with E-state index < -0.39 is 12.2 Å². The van der Waals surface area contributed by atoms with Crippen LogP contribution in [0.1, 0.15) is 51.0 Å². The van der Waals surface area contributed by atoms with Gasteiger partial charge in [-0.25, -0.2) is 4.98 Å². The molecule has 194 valence electrons. The van der Waals surface area contributed by atoms with Crippen LogP contribution >= 0.6 is 0 Å². The Hall–Kier alpha value is -2.25. The Labute approximate surface area is 218 Å². The van der Waals surface area contributed by atoms with E-state index in [4.69, 9.17) is 10.5 Å². The van der Waals surface area contributed by atoms with Crippen molar-refractivity contribution in [1.29, 1.82) is 0 Å². The number of hydrogen-bond acceptors (Lipinski definition) is 6. The number of benzene rings is 1. The van der Waals surface area contributed by atoms with Gasteiger partial charge >= 0.3 is 0 Å². The average Bonchev–Trinajstić information content (AvgIpc) is 3.40. The number of nitrogens with zero attached hydrogens (tertiary/aromatic N) is 2. The van der Waals surface area contributed by atoms with Crippen LogP contribution in [0.3, 0.4) is 0 Å². The van der Waals surface area contributed by atoms with Crippen LogP contribution in [0.4, 0.5) is 5.82 Å². The van der Waals surface area contributed by atoms with Gasteiger partial charge < -0.3 is 25.6 Å². The van der Waals surface area contributed by atoms with Gasteiger partial charge in [-0.15, -0.1) is 0 Å². The zero-order chi connectivity index (χ0) is 25.5. The molecular weight excluding hydrogens is 462 g/mol. The van der Waals surface area contributed by atoms with Gasteiger partial charge in [-0.1, -0.05) is 31.2 Å². The molecule has 3 spiro atoms. The molecule has 3 heterocycles. The molecule has 4 aliphatic carbocycles. The van der Waals surface area contributed by atoms with E-state index in [1.54, 1.807) is 0 Å².